The van der Waals surface area contributed by atoms with Crippen molar-refractivity contribution in [3.05, 3.63) is 11.7 Å². The number of rotatable bonds is 2. The fourth-order valence-electron chi connectivity index (χ4n) is 3.68. The summed E-state index contributed by atoms with van der Waals surface area (Å²) in [5, 5.41) is 7.83. The first-order chi connectivity index (χ1) is 9.56. The number of hydrogen-bond acceptors (Lipinski definition) is 4. The lowest BCUT2D eigenvalue weighted by Crippen LogP contribution is -2.39. The topological polar surface area (TPSA) is 51.0 Å². The number of piperidine rings is 1. The Morgan fingerprint density at radius 3 is 2.65 bits per heavy atom. The van der Waals surface area contributed by atoms with Crippen LogP contribution < -0.4 is 5.32 Å². The maximum absolute atomic E-state index is 5.60. The highest BCUT2D eigenvalue weighted by Gasteiger charge is 2.37. The molecule has 1 unspecified atom stereocenters. The summed E-state index contributed by atoms with van der Waals surface area (Å²) in [6.07, 6.45) is 7.45. The molecule has 0 bridgehead atoms. The van der Waals surface area contributed by atoms with Gasteiger partial charge in [0.1, 0.15) is 0 Å². The second-order valence-corrected chi connectivity index (χ2v) is 7.43. The Balaban J connectivity index is 1.73. The van der Waals surface area contributed by atoms with Crippen LogP contribution in [0.5, 0.6) is 0 Å². The first-order valence-corrected chi connectivity index (χ1v) is 8.13. The van der Waals surface area contributed by atoms with E-state index in [9.17, 15) is 0 Å². The maximum Gasteiger partial charge on any atom is 0.244 e. The Morgan fingerprint density at radius 2 is 1.95 bits per heavy atom. The lowest BCUT2D eigenvalue weighted by molar-refractivity contribution is 0.146. The van der Waals surface area contributed by atoms with E-state index >= 15 is 0 Å². The van der Waals surface area contributed by atoms with Crippen LogP contribution in [0.2, 0.25) is 0 Å². The summed E-state index contributed by atoms with van der Waals surface area (Å²) in [5.41, 5.74) is 0.198. The number of aromatic nitrogens is 2. The monoisotopic (exact) mass is 277 g/mol. The zero-order valence-corrected chi connectivity index (χ0v) is 13.0. The highest BCUT2D eigenvalue weighted by Crippen LogP contribution is 2.40. The molecular formula is C16H27N3O. The van der Waals surface area contributed by atoms with E-state index in [-0.39, 0.29) is 11.5 Å². The van der Waals surface area contributed by atoms with E-state index in [1.807, 2.05) is 0 Å². The van der Waals surface area contributed by atoms with Crippen LogP contribution in [-0.4, -0.2) is 16.7 Å². The van der Waals surface area contributed by atoms with Crippen LogP contribution in [-0.2, 0) is 0 Å². The van der Waals surface area contributed by atoms with Crippen LogP contribution in [0.1, 0.15) is 83.0 Å². The minimum Gasteiger partial charge on any atom is -0.338 e. The molecule has 0 amide bonds. The smallest absolute Gasteiger partial charge is 0.244 e. The van der Waals surface area contributed by atoms with Gasteiger partial charge >= 0.3 is 0 Å². The van der Waals surface area contributed by atoms with Crippen molar-refractivity contribution in [2.24, 2.45) is 11.3 Å². The second kappa shape index (κ2) is 5.47. The molecule has 20 heavy (non-hydrogen) atoms. The third kappa shape index (κ3) is 2.76. The molecule has 2 aliphatic rings. The average Bonchev–Trinajstić information content (AvgIpc) is 2.88. The van der Waals surface area contributed by atoms with Gasteiger partial charge in [0.2, 0.25) is 5.89 Å². The van der Waals surface area contributed by atoms with E-state index in [4.69, 9.17) is 9.51 Å². The predicted octanol–water partition coefficient (Wildman–Crippen LogP) is 3.81. The highest BCUT2D eigenvalue weighted by molar-refractivity contribution is 5.04. The molecule has 1 saturated carbocycles. The SMILES string of the molecule is CC1CCC(c2noc(C3NCCCC3(C)C)n2)CC1. The van der Waals surface area contributed by atoms with Gasteiger partial charge in [-0.3, -0.25) is 0 Å². The van der Waals surface area contributed by atoms with Gasteiger partial charge in [0.15, 0.2) is 5.82 Å². The molecule has 1 aliphatic carbocycles. The summed E-state index contributed by atoms with van der Waals surface area (Å²) >= 11 is 0. The Bertz CT molecular complexity index is 446. The van der Waals surface area contributed by atoms with Crippen molar-refractivity contribution in [3.63, 3.8) is 0 Å². The summed E-state index contributed by atoms with van der Waals surface area (Å²) in [5.74, 6) is 3.10. The highest BCUT2D eigenvalue weighted by atomic mass is 16.5. The number of nitrogens with one attached hydrogen (secondary N) is 1. The van der Waals surface area contributed by atoms with Crippen LogP contribution in [0.3, 0.4) is 0 Å². The normalized spacial score (nSPS) is 34.0. The Labute approximate surface area is 121 Å². The standard InChI is InChI=1S/C16H27N3O/c1-11-5-7-12(8-6-11)14-18-15(20-19-14)13-16(2,3)9-4-10-17-13/h11-13,17H,4-10H2,1-3H3. The first kappa shape index (κ1) is 14.1. The first-order valence-electron chi connectivity index (χ1n) is 8.13. The van der Waals surface area contributed by atoms with E-state index in [1.54, 1.807) is 0 Å². The molecule has 4 nitrogen and oxygen atoms in total. The molecule has 112 valence electrons. The molecule has 0 aromatic carbocycles. The fourth-order valence-corrected chi connectivity index (χ4v) is 3.68. The molecule has 1 N–H and O–H groups in total. The minimum atomic E-state index is 0.198. The molecule has 4 heteroatoms. The molecule has 2 fully saturated rings. The van der Waals surface area contributed by atoms with E-state index < -0.39 is 0 Å². The number of hydrogen-bond donors (Lipinski definition) is 1. The van der Waals surface area contributed by atoms with Gasteiger partial charge in [-0.2, -0.15) is 4.98 Å². The molecule has 1 aromatic heterocycles. The third-order valence-electron chi connectivity index (χ3n) is 5.21. The van der Waals surface area contributed by atoms with Crippen molar-refractivity contribution in [1.29, 1.82) is 0 Å². The predicted molar refractivity (Wildman–Crippen MR) is 78.4 cm³/mol. The van der Waals surface area contributed by atoms with Gasteiger partial charge in [0, 0.05) is 5.92 Å². The summed E-state index contributed by atoms with van der Waals surface area (Å²) in [6.45, 7) is 7.96. The lowest BCUT2D eigenvalue weighted by atomic mass is 9.77. The molecular weight excluding hydrogens is 250 g/mol. The Kier molecular flexibility index (Phi) is 3.85. The van der Waals surface area contributed by atoms with E-state index in [2.05, 4.69) is 31.2 Å². The zero-order valence-electron chi connectivity index (χ0n) is 13.0. The molecule has 3 rings (SSSR count). The fraction of sp³-hybridized carbons (Fsp3) is 0.875. The van der Waals surface area contributed by atoms with E-state index in [1.165, 1.54) is 38.5 Å². The summed E-state index contributed by atoms with van der Waals surface area (Å²) in [6, 6.07) is 0.208. The van der Waals surface area contributed by atoms with Gasteiger partial charge < -0.3 is 9.84 Å². The van der Waals surface area contributed by atoms with Crippen LogP contribution in [0.25, 0.3) is 0 Å². The minimum absolute atomic E-state index is 0.198. The molecule has 0 spiro atoms. The summed E-state index contributed by atoms with van der Waals surface area (Å²) in [7, 11) is 0. The van der Waals surface area contributed by atoms with Crippen molar-refractivity contribution in [3.8, 4) is 0 Å². The quantitative estimate of drug-likeness (QED) is 0.893. The van der Waals surface area contributed by atoms with Gasteiger partial charge in [0.05, 0.1) is 6.04 Å². The molecule has 2 heterocycles. The van der Waals surface area contributed by atoms with Crippen molar-refractivity contribution < 1.29 is 4.52 Å². The lowest BCUT2D eigenvalue weighted by Gasteiger charge is -2.36. The average molecular weight is 277 g/mol. The maximum atomic E-state index is 5.60. The molecule has 0 radical (unpaired) electrons. The van der Waals surface area contributed by atoms with Crippen LogP contribution in [0.4, 0.5) is 0 Å². The second-order valence-electron chi connectivity index (χ2n) is 7.43. The van der Waals surface area contributed by atoms with Crippen LogP contribution in [0.15, 0.2) is 4.52 Å². The zero-order chi connectivity index (χ0) is 14.2. The molecule has 1 aromatic rings. The van der Waals surface area contributed by atoms with Gasteiger partial charge in [-0.25, -0.2) is 0 Å². The van der Waals surface area contributed by atoms with E-state index in [0.29, 0.717) is 5.92 Å². The Hall–Kier alpha value is -0.900. The summed E-state index contributed by atoms with van der Waals surface area (Å²) < 4.78 is 5.60. The van der Waals surface area contributed by atoms with Crippen molar-refractivity contribution in [2.75, 3.05) is 6.54 Å². The molecule has 1 atom stereocenters. The van der Waals surface area contributed by atoms with Gasteiger partial charge in [-0.15, -0.1) is 0 Å². The van der Waals surface area contributed by atoms with Gasteiger partial charge in [-0.1, -0.05) is 38.8 Å². The van der Waals surface area contributed by atoms with Crippen molar-refractivity contribution in [1.82, 2.24) is 15.5 Å². The van der Waals surface area contributed by atoms with Crippen LogP contribution in [0, 0.1) is 11.3 Å². The van der Waals surface area contributed by atoms with Crippen LogP contribution >= 0.6 is 0 Å². The largest absolute Gasteiger partial charge is 0.338 e. The van der Waals surface area contributed by atoms with E-state index in [0.717, 1.165) is 24.2 Å². The summed E-state index contributed by atoms with van der Waals surface area (Å²) in [4.78, 5) is 4.74. The third-order valence-corrected chi connectivity index (χ3v) is 5.21. The Morgan fingerprint density at radius 1 is 1.20 bits per heavy atom. The molecule has 1 aliphatic heterocycles. The van der Waals surface area contributed by atoms with Gasteiger partial charge in [-0.05, 0) is 43.6 Å². The van der Waals surface area contributed by atoms with Crippen molar-refractivity contribution in [2.45, 2.75) is 71.3 Å². The van der Waals surface area contributed by atoms with Gasteiger partial charge in [0.25, 0.3) is 0 Å². The molecule has 1 saturated heterocycles. The van der Waals surface area contributed by atoms with Crippen molar-refractivity contribution >= 4 is 0 Å². The number of nitrogens with zero attached hydrogens (tertiary/aromatic N) is 2.